The molecule has 5 nitrogen and oxygen atoms in total. The summed E-state index contributed by atoms with van der Waals surface area (Å²) in [7, 11) is 0. The van der Waals surface area contributed by atoms with Crippen molar-refractivity contribution in [3.63, 3.8) is 0 Å². The van der Waals surface area contributed by atoms with Crippen molar-refractivity contribution in [2.45, 2.75) is 26.7 Å². The Morgan fingerprint density at radius 1 is 1.08 bits per heavy atom. The third-order valence-electron chi connectivity index (χ3n) is 4.00. The number of aryl methyl sites for hydroxylation is 3. The molecule has 0 bridgehead atoms. The molecular formula is C19H19N3O2. The maximum absolute atomic E-state index is 12.2. The average Bonchev–Trinajstić information content (AvgIpc) is 2.56. The number of hydrogen-bond donors (Lipinski definition) is 2. The number of rotatable bonds is 4. The van der Waals surface area contributed by atoms with Crippen molar-refractivity contribution in [2.75, 3.05) is 5.32 Å². The van der Waals surface area contributed by atoms with Crippen LogP contribution in [-0.2, 0) is 11.2 Å². The zero-order chi connectivity index (χ0) is 17.1. The van der Waals surface area contributed by atoms with E-state index in [9.17, 15) is 9.59 Å². The number of aromatic amines is 1. The third-order valence-corrected chi connectivity index (χ3v) is 4.00. The first kappa shape index (κ1) is 15.9. The van der Waals surface area contributed by atoms with Crippen molar-refractivity contribution in [3.8, 4) is 0 Å². The molecule has 0 saturated carbocycles. The Morgan fingerprint density at radius 3 is 2.54 bits per heavy atom. The second-order valence-electron chi connectivity index (χ2n) is 5.84. The van der Waals surface area contributed by atoms with Crippen molar-refractivity contribution in [3.05, 3.63) is 69.6 Å². The second-order valence-corrected chi connectivity index (χ2v) is 5.84. The number of carbonyl (C=O) groups excluding carboxylic acids is 1. The predicted octanol–water partition coefficient (Wildman–Crippen LogP) is 3.11. The third kappa shape index (κ3) is 3.35. The summed E-state index contributed by atoms with van der Waals surface area (Å²) in [5, 5.41) is 2.93. The number of amides is 1. The quantitative estimate of drug-likeness (QED) is 0.775. The van der Waals surface area contributed by atoms with Gasteiger partial charge in [-0.3, -0.25) is 9.59 Å². The van der Waals surface area contributed by atoms with Crippen LogP contribution in [-0.4, -0.2) is 15.9 Å². The fourth-order valence-electron chi connectivity index (χ4n) is 2.68. The molecule has 0 unspecified atom stereocenters. The minimum Gasteiger partial charge on any atom is -0.326 e. The molecule has 0 saturated heterocycles. The van der Waals surface area contributed by atoms with Gasteiger partial charge in [-0.1, -0.05) is 30.3 Å². The van der Waals surface area contributed by atoms with Crippen LogP contribution in [0, 0.1) is 13.8 Å². The average molecular weight is 321 g/mol. The Morgan fingerprint density at radius 2 is 1.79 bits per heavy atom. The van der Waals surface area contributed by atoms with E-state index in [1.165, 1.54) is 0 Å². The molecule has 122 valence electrons. The Bertz CT molecular complexity index is 940. The van der Waals surface area contributed by atoms with Gasteiger partial charge in [0.1, 0.15) is 5.69 Å². The highest BCUT2D eigenvalue weighted by molar-refractivity contribution is 5.92. The number of nitrogens with one attached hydrogen (secondary N) is 2. The Hall–Kier alpha value is -2.95. The van der Waals surface area contributed by atoms with E-state index in [0.717, 1.165) is 22.3 Å². The van der Waals surface area contributed by atoms with Gasteiger partial charge in [0, 0.05) is 18.5 Å². The molecule has 3 aromatic rings. The first-order valence-corrected chi connectivity index (χ1v) is 7.88. The molecule has 0 aliphatic carbocycles. The standard InChI is InChI=1S/C19H19N3O2/c1-12-6-5-7-13(2)18(12)22-17(23)11-10-16-19(24)21-15-9-4-3-8-14(15)20-16/h3-9H,10-11H2,1-2H3,(H,21,24)(H,22,23). The van der Waals surface area contributed by atoms with E-state index in [1.807, 2.05) is 50.2 Å². The summed E-state index contributed by atoms with van der Waals surface area (Å²) >= 11 is 0. The minimum atomic E-state index is -0.242. The Labute approximate surface area is 139 Å². The molecule has 0 atom stereocenters. The number of fused-ring (bicyclic) bond motifs is 1. The van der Waals surface area contributed by atoms with E-state index < -0.39 is 0 Å². The number of benzene rings is 2. The summed E-state index contributed by atoms with van der Waals surface area (Å²) in [5.74, 6) is -0.123. The first-order valence-electron chi connectivity index (χ1n) is 7.88. The Balaban J connectivity index is 1.73. The molecule has 24 heavy (non-hydrogen) atoms. The van der Waals surface area contributed by atoms with Gasteiger partial charge in [-0.25, -0.2) is 4.98 Å². The van der Waals surface area contributed by atoms with Gasteiger partial charge in [0.25, 0.3) is 5.56 Å². The number of para-hydroxylation sites is 3. The summed E-state index contributed by atoms with van der Waals surface area (Å²) in [6, 6.07) is 13.2. The largest absolute Gasteiger partial charge is 0.326 e. The van der Waals surface area contributed by atoms with Crippen LogP contribution in [0.5, 0.6) is 0 Å². The van der Waals surface area contributed by atoms with Gasteiger partial charge in [-0.2, -0.15) is 0 Å². The maximum atomic E-state index is 12.2. The molecule has 0 spiro atoms. The smallest absolute Gasteiger partial charge is 0.270 e. The SMILES string of the molecule is Cc1cccc(C)c1NC(=O)CCc1nc2ccccc2[nH]c1=O. The van der Waals surface area contributed by atoms with Crippen molar-refractivity contribution >= 4 is 22.6 Å². The van der Waals surface area contributed by atoms with Crippen molar-refractivity contribution in [1.29, 1.82) is 0 Å². The summed E-state index contributed by atoms with van der Waals surface area (Å²) in [4.78, 5) is 31.4. The molecule has 0 aliphatic rings. The highest BCUT2D eigenvalue weighted by atomic mass is 16.1. The van der Waals surface area contributed by atoms with Crippen LogP contribution in [0.25, 0.3) is 11.0 Å². The summed E-state index contributed by atoms with van der Waals surface area (Å²) in [6.07, 6.45) is 0.513. The van der Waals surface area contributed by atoms with Crippen LogP contribution in [0.4, 0.5) is 5.69 Å². The lowest BCUT2D eigenvalue weighted by Gasteiger charge is -2.11. The van der Waals surface area contributed by atoms with Gasteiger partial charge in [0.2, 0.25) is 5.91 Å². The normalized spacial score (nSPS) is 10.8. The van der Waals surface area contributed by atoms with E-state index in [-0.39, 0.29) is 17.9 Å². The predicted molar refractivity (Wildman–Crippen MR) is 95.2 cm³/mol. The van der Waals surface area contributed by atoms with Gasteiger partial charge in [-0.15, -0.1) is 0 Å². The molecule has 1 amide bonds. The van der Waals surface area contributed by atoms with Gasteiger partial charge in [0.15, 0.2) is 0 Å². The lowest BCUT2D eigenvalue weighted by Crippen LogP contribution is -2.19. The van der Waals surface area contributed by atoms with Crippen LogP contribution in [0.1, 0.15) is 23.2 Å². The van der Waals surface area contributed by atoms with Gasteiger partial charge >= 0.3 is 0 Å². The molecule has 5 heteroatoms. The molecule has 3 rings (SSSR count). The van der Waals surface area contributed by atoms with Crippen molar-refractivity contribution in [1.82, 2.24) is 9.97 Å². The number of anilines is 1. The molecule has 0 aliphatic heterocycles. The maximum Gasteiger partial charge on any atom is 0.270 e. The van der Waals surface area contributed by atoms with Gasteiger partial charge in [-0.05, 0) is 37.1 Å². The number of carbonyl (C=O) groups is 1. The van der Waals surface area contributed by atoms with E-state index >= 15 is 0 Å². The molecule has 2 aromatic carbocycles. The minimum absolute atomic E-state index is 0.123. The highest BCUT2D eigenvalue weighted by Gasteiger charge is 2.10. The topological polar surface area (TPSA) is 74.8 Å². The molecule has 0 radical (unpaired) electrons. The zero-order valence-electron chi connectivity index (χ0n) is 13.7. The van der Waals surface area contributed by atoms with Crippen LogP contribution >= 0.6 is 0 Å². The summed E-state index contributed by atoms with van der Waals surface area (Å²) in [6.45, 7) is 3.91. The molecule has 2 N–H and O–H groups in total. The van der Waals surface area contributed by atoms with Gasteiger partial charge < -0.3 is 10.3 Å². The molecule has 0 fully saturated rings. The van der Waals surface area contributed by atoms with Gasteiger partial charge in [0.05, 0.1) is 11.0 Å². The van der Waals surface area contributed by atoms with Crippen molar-refractivity contribution in [2.24, 2.45) is 0 Å². The monoisotopic (exact) mass is 321 g/mol. The fourth-order valence-corrected chi connectivity index (χ4v) is 2.68. The lowest BCUT2D eigenvalue weighted by molar-refractivity contribution is -0.116. The fraction of sp³-hybridized carbons (Fsp3) is 0.211. The zero-order valence-corrected chi connectivity index (χ0v) is 13.7. The van der Waals surface area contributed by atoms with Crippen LogP contribution in [0.15, 0.2) is 47.3 Å². The van der Waals surface area contributed by atoms with Crippen LogP contribution in [0.2, 0.25) is 0 Å². The Kier molecular flexibility index (Phi) is 4.42. The molecule has 1 heterocycles. The van der Waals surface area contributed by atoms with Crippen LogP contribution < -0.4 is 10.9 Å². The number of nitrogens with zero attached hydrogens (tertiary/aromatic N) is 1. The highest BCUT2D eigenvalue weighted by Crippen LogP contribution is 2.19. The number of aromatic nitrogens is 2. The number of H-pyrrole nitrogens is 1. The molecular weight excluding hydrogens is 302 g/mol. The van der Waals surface area contributed by atoms with Crippen LogP contribution in [0.3, 0.4) is 0 Å². The van der Waals surface area contributed by atoms with E-state index in [0.29, 0.717) is 17.6 Å². The summed E-state index contributed by atoms with van der Waals surface area (Å²) in [5.41, 5.74) is 4.44. The van der Waals surface area contributed by atoms with E-state index in [2.05, 4.69) is 15.3 Å². The first-order chi connectivity index (χ1) is 11.5. The lowest BCUT2D eigenvalue weighted by atomic mass is 10.1. The molecule has 1 aromatic heterocycles. The van der Waals surface area contributed by atoms with E-state index in [4.69, 9.17) is 0 Å². The second kappa shape index (κ2) is 6.66. The van der Waals surface area contributed by atoms with E-state index in [1.54, 1.807) is 6.07 Å². The number of hydrogen-bond acceptors (Lipinski definition) is 3. The van der Waals surface area contributed by atoms with Crippen molar-refractivity contribution < 1.29 is 4.79 Å². The summed E-state index contributed by atoms with van der Waals surface area (Å²) < 4.78 is 0.